The van der Waals surface area contributed by atoms with Gasteiger partial charge in [0.15, 0.2) is 0 Å². The van der Waals surface area contributed by atoms with Gasteiger partial charge in [-0.3, -0.25) is 14.5 Å². The summed E-state index contributed by atoms with van der Waals surface area (Å²) < 4.78 is 0. The molecule has 5 saturated heterocycles. The molecule has 0 aromatic heterocycles. The number of rotatable bonds is 3. The topological polar surface area (TPSA) is 96.2 Å². The number of amides is 4. The third kappa shape index (κ3) is 1.74. The molecule has 2 N–H and O–H groups in total. The van der Waals surface area contributed by atoms with Gasteiger partial charge in [0.2, 0.25) is 11.5 Å². The fourth-order valence-electron chi connectivity index (χ4n) is 4.56. The number of hydrogen-bond donors (Lipinski definition) is 1. The molecule has 2 atom stereocenters. The molecule has 8 nitrogen and oxygen atoms in total. The van der Waals surface area contributed by atoms with Gasteiger partial charge in [0.05, 0.1) is 6.54 Å². The van der Waals surface area contributed by atoms with Crippen molar-refractivity contribution in [3.63, 3.8) is 0 Å². The standard InChI is InChI=1S/C18H19N4O4/c19-14(23)17-7-1-9-21(17)16(25)20(11-17)13-5-3-12(4-6-13)18-8-2-10-22(26-18)15(18)24/h3-7H,1-2,8-11H2,(H2,19,23)/t17-,18?/m1/s1. The summed E-state index contributed by atoms with van der Waals surface area (Å²) in [4.78, 5) is 45.8. The molecule has 0 aliphatic carbocycles. The first-order valence-corrected chi connectivity index (χ1v) is 8.83. The van der Waals surface area contributed by atoms with Crippen LogP contribution in [-0.2, 0) is 20.0 Å². The summed E-state index contributed by atoms with van der Waals surface area (Å²) in [5, 5.41) is 1.41. The summed E-state index contributed by atoms with van der Waals surface area (Å²) in [6.07, 6.45) is 4.07. The zero-order chi connectivity index (χ0) is 18.1. The molecule has 8 heteroatoms. The van der Waals surface area contributed by atoms with Crippen molar-refractivity contribution in [2.45, 2.75) is 30.4 Å². The van der Waals surface area contributed by atoms with E-state index in [0.29, 0.717) is 31.6 Å². The van der Waals surface area contributed by atoms with Gasteiger partial charge >= 0.3 is 6.03 Å². The van der Waals surface area contributed by atoms with Gasteiger partial charge in [-0.2, -0.15) is 0 Å². The average molecular weight is 355 g/mol. The summed E-state index contributed by atoms with van der Waals surface area (Å²) in [5.74, 6) is -0.506. The van der Waals surface area contributed by atoms with Crippen molar-refractivity contribution in [3.05, 3.63) is 36.2 Å². The molecule has 0 saturated carbocycles. The summed E-state index contributed by atoms with van der Waals surface area (Å²) in [5.41, 5.74) is 5.17. The van der Waals surface area contributed by atoms with Crippen LogP contribution in [0, 0.1) is 6.42 Å². The van der Waals surface area contributed by atoms with Crippen molar-refractivity contribution < 1.29 is 19.2 Å². The Morgan fingerprint density at radius 2 is 1.92 bits per heavy atom. The molecule has 2 bridgehead atoms. The molecule has 1 aromatic rings. The van der Waals surface area contributed by atoms with Crippen LogP contribution >= 0.6 is 0 Å². The lowest BCUT2D eigenvalue weighted by molar-refractivity contribution is -0.332. The maximum Gasteiger partial charge on any atom is 0.325 e. The minimum absolute atomic E-state index is 0.00308. The minimum atomic E-state index is -1.02. The van der Waals surface area contributed by atoms with Crippen LogP contribution in [0.3, 0.4) is 0 Å². The van der Waals surface area contributed by atoms with Crippen LogP contribution in [0.4, 0.5) is 10.5 Å². The van der Waals surface area contributed by atoms with E-state index in [4.69, 9.17) is 10.6 Å². The number of hydrogen-bond acceptors (Lipinski definition) is 4. The Morgan fingerprint density at radius 3 is 2.54 bits per heavy atom. The number of primary amides is 1. The first kappa shape index (κ1) is 15.6. The van der Waals surface area contributed by atoms with E-state index < -0.39 is 17.0 Å². The maximum atomic E-state index is 12.7. The third-order valence-corrected chi connectivity index (χ3v) is 5.98. The van der Waals surface area contributed by atoms with Crippen molar-refractivity contribution in [2.75, 3.05) is 24.5 Å². The smallest absolute Gasteiger partial charge is 0.325 e. The van der Waals surface area contributed by atoms with Gasteiger partial charge in [-0.1, -0.05) is 12.1 Å². The van der Waals surface area contributed by atoms with Gasteiger partial charge < -0.3 is 10.6 Å². The highest BCUT2D eigenvalue weighted by Crippen LogP contribution is 2.46. The Hall–Kier alpha value is -2.61. The molecule has 5 aliphatic rings. The number of carbonyl (C=O) groups is 3. The number of fused-ring (bicyclic) bond motifs is 3. The molecule has 1 radical (unpaired) electrons. The van der Waals surface area contributed by atoms with Crippen LogP contribution in [0.15, 0.2) is 24.3 Å². The Labute approximate surface area is 150 Å². The zero-order valence-electron chi connectivity index (χ0n) is 14.2. The number of nitrogens with two attached hydrogens (primary N) is 1. The zero-order valence-corrected chi connectivity index (χ0v) is 14.2. The third-order valence-electron chi connectivity index (χ3n) is 5.98. The Morgan fingerprint density at radius 1 is 1.15 bits per heavy atom. The SMILES string of the molecule is NC(=O)[C@]12[CH]CCN1C(=O)N(c1ccc(C34CCCN(O3)C4=O)cc1)C2. The number of urea groups is 1. The number of carbonyl (C=O) groups excluding carboxylic acids is 3. The van der Waals surface area contributed by atoms with Crippen LogP contribution in [0.1, 0.15) is 24.8 Å². The minimum Gasteiger partial charge on any atom is -0.368 e. The highest BCUT2D eigenvalue weighted by Gasteiger charge is 2.59. The average Bonchev–Trinajstić information content (AvgIpc) is 3.21. The number of anilines is 1. The van der Waals surface area contributed by atoms with Crippen molar-refractivity contribution >= 4 is 23.5 Å². The molecule has 1 unspecified atom stereocenters. The van der Waals surface area contributed by atoms with Crippen molar-refractivity contribution in [1.29, 1.82) is 0 Å². The van der Waals surface area contributed by atoms with Gasteiger partial charge in [-0.05, 0) is 37.0 Å². The molecule has 26 heavy (non-hydrogen) atoms. The molecule has 5 fully saturated rings. The van der Waals surface area contributed by atoms with Gasteiger partial charge in [-0.15, -0.1) is 0 Å². The van der Waals surface area contributed by atoms with E-state index in [1.807, 2.05) is 18.6 Å². The van der Waals surface area contributed by atoms with E-state index >= 15 is 0 Å². The van der Waals surface area contributed by atoms with E-state index in [1.165, 1.54) is 5.06 Å². The van der Waals surface area contributed by atoms with Crippen LogP contribution in [0.2, 0.25) is 0 Å². The number of piperidine rings is 1. The van der Waals surface area contributed by atoms with E-state index in [1.54, 1.807) is 21.9 Å². The first-order valence-electron chi connectivity index (χ1n) is 8.83. The van der Waals surface area contributed by atoms with Gasteiger partial charge in [0, 0.05) is 25.2 Å². The van der Waals surface area contributed by atoms with Crippen molar-refractivity contribution in [3.8, 4) is 0 Å². The van der Waals surface area contributed by atoms with Gasteiger partial charge in [0.1, 0.15) is 5.54 Å². The predicted molar refractivity (Wildman–Crippen MR) is 90.4 cm³/mol. The molecular weight excluding hydrogens is 336 g/mol. The fraction of sp³-hybridized carbons (Fsp3) is 0.444. The van der Waals surface area contributed by atoms with Crippen LogP contribution in [0.25, 0.3) is 0 Å². The number of hydroxylamine groups is 2. The van der Waals surface area contributed by atoms with Gasteiger partial charge in [-0.25, -0.2) is 14.7 Å². The lowest BCUT2D eigenvalue weighted by Gasteiger charge is -2.51. The molecule has 1 aromatic carbocycles. The summed E-state index contributed by atoms with van der Waals surface area (Å²) in [6.45, 7) is 1.36. The monoisotopic (exact) mass is 355 g/mol. The lowest BCUT2D eigenvalue weighted by atomic mass is 9.83. The quantitative estimate of drug-likeness (QED) is 0.855. The molecular formula is C18H19N4O4. The van der Waals surface area contributed by atoms with Crippen molar-refractivity contribution in [2.24, 2.45) is 5.73 Å². The second-order valence-corrected chi connectivity index (χ2v) is 7.28. The largest absolute Gasteiger partial charge is 0.368 e. The Balaban J connectivity index is 1.43. The Kier molecular flexibility index (Phi) is 2.99. The van der Waals surface area contributed by atoms with Gasteiger partial charge in [0.25, 0.3) is 5.91 Å². The second kappa shape index (κ2) is 4.97. The van der Waals surface area contributed by atoms with Crippen LogP contribution in [-0.4, -0.2) is 53.0 Å². The first-order chi connectivity index (χ1) is 12.5. The lowest BCUT2D eigenvalue weighted by Crippen LogP contribution is -2.65. The maximum absolute atomic E-state index is 12.7. The van der Waals surface area contributed by atoms with E-state index in [-0.39, 0.29) is 18.5 Å². The summed E-state index contributed by atoms with van der Waals surface area (Å²) in [6, 6.07) is 7.03. The fourth-order valence-corrected chi connectivity index (χ4v) is 4.56. The second-order valence-electron chi connectivity index (χ2n) is 7.28. The predicted octanol–water partition coefficient (Wildman–Crippen LogP) is 0.524. The van der Waals surface area contributed by atoms with E-state index in [0.717, 1.165) is 12.0 Å². The molecule has 6 rings (SSSR count). The normalized spacial score (nSPS) is 32.7. The van der Waals surface area contributed by atoms with Crippen LogP contribution < -0.4 is 10.6 Å². The molecule has 135 valence electrons. The van der Waals surface area contributed by atoms with E-state index in [2.05, 4.69) is 0 Å². The summed E-state index contributed by atoms with van der Waals surface area (Å²) in [7, 11) is 0. The Bertz CT molecular complexity index is 821. The van der Waals surface area contributed by atoms with Crippen molar-refractivity contribution in [1.82, 2.24) is 9.96 Å². The highest BCUT2D eigenvalue weighted by atomic mass is 16.7. The molecule has 5 heterocycles. The van der Waals surface area contributed by atoms with Crippen LogP contribution in [0.5, 0.6) is 0 Å². The molecule has 4 amide bonds. The number of benzene rings is 1. The summed E-state index contributed by atoms with van der Waals surface area (Å²) >= 11 is 0. The number of nitrogens with zero attached hydrogens (tertiary/aromatic N) is 3. The van der Waals surface area contributed by atoms with E-state index in [9.17, 15) is 14.4 Å². The highest BCUT2D eigenvalue weighted by molar-refractivity contribution is 6.04. The molecule has 5 aliphatic heterocycles. The molecule has 0 spiro atoms.